The Balaban J connectivity index is 1.51. The molecule has 0 N–H and O–H groups in total. The number of imide groups is 1. The maximum Gasteiger partial charge on any atom is 0.238 e. The number of anilines is 1. The van der Waals surface area contributed by atoms with Crippen LogP contribution in [0.5, 0.6) is 5.75 Å². The Labute approximate surface area is 194 Å². The summed E-state index contributed by atoms with van der Waals surface area (Å²) in [5, 5.41) is 0. The van der Waals surface area contributed by atoms with Crippen molar-refractivity contribution in [2.75, 3.05) is 11.5 Å². The minimum Gasteiger partial charge on any atom is -0.494 e. The Morgan fingerprint density at radius 1 is 0.818 bits per heavy atom. The smallest absolute Gasteiger partial charge is 0.238 e. The first-order valence-corrected chi connectivity index (χ1v) is 11.9. The molecule has 1 aliphatic heterocycles. The van der Waals surface area contributed by atoms with Crippen LogP contribution >= 0.6 is 0 Å². The fourth-order valence-corrected chi connectivity index (χ4v) is 6.70. The third kappa shape index (κ3) is 2.52. The van der Waals surface area contributed by atoms with Crippen molar-refractivity contribution in [3.63, 3.8) is 0 Å². The fourth-order valence-electron chi connectivity index (χ4n) is 6.70. The van der Waals surface area contributed by atoms with Crippen molar-refractivity contribution < 1.29 is 14.3 Å². The average Bonchev–Trinajstić information content (AvgIpc) is 3.14. The van der Waals surface area contributed by atoms with Crippen LogP contribution in [0.3, 0.4) is 0 Å². The van der Waals surface area contributed by atoms with Gasteiger partial charge in [-0.15, -0.1) is 0 Å². The van der Waals surface area contributed by atoms with E-state index in [2.05, 4.69) is 62.4 Å². The first-order chi connectivity index (χ1) is 16.1. The summed E-state index contributed by atoms with van der Waals surface area (Å²) in [6.07, 6.45) is 1.70. The van der Waals surface area contributed by atoms with E-state index in [0.717, 1.165) is 18.6 Å². The van der Waals surface area contributed by atoms with Crippen LogP contribution in [0, 0.1) is 11.8 Å². The second-order valence-electron chi connectivity index (χ2n) is 9.33. The fraction of sp³-hybridized carbons (Fsp3) is 0.310. The number of amides is 2. The largest absolute Gasteiger partial charge is 0.494 e. The summed E-state index contributed by atoms with van der Waals surface area (Å²) in [5.74, 6) is -0.271. The van der Waals surface area contributed by atoms with E-state index in [1.807, 2.05) is 24.3 Å². The Kier molecular flexibility index (Phi) is 4.48. The van der Waals surface area contributed by atoms with E-state index in [1.54, 1.807) is 0 Å². The highest BCUT2D eigenvalue weighted by molar-refractivity contribution is 6.23. The lowest BCUT2D eigenvalue weighted by Crippen LogP contribution is -2.53. The number of ether oxygens (including phenoxy) is 1. The summed E-state index contributed by atoms with van der Waals surface area (Å²) in [7, 11) is 0. The molecule has 4 heteroatoms. The SMILES string of the molecule is CCCOc1ccc(N2C(=O)[C@H]3C4c5ccccc5C(CC)(c5ccccc54)[C@H]3C2=O)cc1. The number of hydrogen-bond donors (Lipinski definition) is 0. The molecule has 0 aromatic heterocycles. The number of hydrogen-bond acceptors (Lipinski definition) is 3. The van der Waals surface area contributed by atoms with Gasteiger partial charge in [0.05, 0.1) is 24.1 Å². The van der Waals surface area contributed by atoms with E-state index in [1.165, 1.54) is 27.2 Å². The lowest BCUT2D eigenvalue weighted by atomic mass is 9.46. The van der Waals surface area contributed by atoms with Crippen LogP contribution in [0.25, 0.3) is 0 Å². The van der Waals surface area contributed by atoms with E-state index in [-0.39, 0.29) is 29.6 Å². The van der Waals surface area contributed by atoms with Crippen molar-refractivity contribution >= 4 is 17.5 Å². The predicted octanol–water partition coefficient (Wildman–Crippen LogP) is 5.44. The van der Waals surface area contributed by atoms with Gasteiger partial charge < -0.3 is 4.74 Å². The molecule has 0 spiro atoms. The van der Waals surface area contributed by atoms with Crippen molar-refractivity contribution in [3.05, 3.63) is 95.1 Å². The summed E-state index contributed by atoms with van der Waals surface area (Å²) in [4.78, 5) is 29.4. The van der Waals surface area contributed by atoms with Gasteiger partial charge in [-0.3, -0.25) is 9.59 Å². The van der Waals surface area contributed by atoms with Gasteiger partial charge in [-0.25, -0.2) is 4.90 Å². The molecular formula is C29H27NO3. The minimum atomic E-state index is -0.488. The molecule has 3 aromatic carbocycles. The maximum atomic E-state index is 14.1. The van der Waals surface area contributed by atoms with Crippen LogP contribution in [0.2, 0.25) is 0 Å². The molecule has 4 aliphatic rings. The van der Waals surface area contributed by atoms with Gasteiger partial charge in [-0.1, -0.05) is 62.4 Å². The van der Waals surface area contributed by atoms with Crippen LogP contribution in [-0.2, 0) is 15.0 Å². The molecule has 2 amide bonds. The Morgan fingerprint density at radius 2 is 1.42 bits per heavy atom. The van der Waals surface area contributed by atoms with Crippen molar-refractivity contribution in [1.29, 1.82) is 0 Å². The molecule has 2 atom stereocenters. The zero-order valence-corrected chi connectivity index (χ0v) is 19.0. The second kappa shape index (κ2) is 7.31. The second-order valence-corrected chi connectivity index (χ2v) is 9.33. The van der Waals surface area contributed by atoms with E-state index >= 15 is 0 Å². The van der Waals surface area contributed by atoms with E-state index in [9.17, 15) is 9.59 Å². The van der Waals surface area contributed by atoms with Crippen molar-refractivity contribution in [2.24, 2.45) is 11.8 Å². The van der Waals surface area contributed by atoms with Crippen LogP contribution in [-0.4, -0.2) is 18.4 Å². The van der Waals surface area contributed by atoms with Crippen LogP contribution in [0.15, 0.2) is 72.8 Å². The topological polar surface area (TPSA) is 46.6 Å². The molecule has 7 rings (SSSR count). The quantitative estimate of drug-likeness (QED) is 0.500. The van der Waals surface area contributed by atoms with Gasteiger partial charge in [0.25, 0.3) is 0 Å². The number of nitrogens with zero attached hydrogens (tertiary/aromatic N) is 1. The summed E-state index contributed by atoms with van der Waals surface area (Å²) < 4.78 is 5.69. The Morgan fingerprint density at radius 3 is 2.00 bits per heavy atom. The van der Waals surface area contributed by atoms with E-state index in [4.69, 9.17) is 4.74 Å². The molecule has 2 bridgehead atoms. The highest BCUT2D eigenvalue weighted by Crippen LogP contribution is 2.65. The van der Waals surface area contributed by atoms with Gasteiger partial charge in [-0.05, 0) is 59.4 Å². The Hall–Kier alpha value is -3.40. The van der Waals surface area contributed by atoms with E-state index < -0.39 is 5.41 Å². The number of rotatable bonds is 5. The molecule has 0 saturated carbocycles. The summed E-state index contributed by atoms with van der Waals surface area (Å²) in [5.41, 5.74) is 4.96. The van der Waals surface area contributed by atoms with Gasteiger partial charge in [0, 0.05) is 11.3 Å². The number of benzene rings is 3. The molecule has 33 heavy (non-hydrogen) atoms. The van der Waals surface area contributed by atoms with Gasteiger partial charge in [0.2, 0.25) is 11.8 Å². The molecule has 3 aromatic rings. The van der Waals surface area contributed by atoms with Crippen molar-refractivity contribution in [1.82, 2.24) is 0 Å². The highest BCUT2D eigenvalue weighted by atomic mass is 16.5. The van der Waals surface area contributed by atoms with Gasteiger partial charge >= 0.3 is 0 Å². The third-order valence-corrected chi connectivity index (χ3v) is 7.92. The standard InChI is InChI=1S/C29H27NO3/c1-3-17-33-19-15-13-18(14-16-19)30-27(31)25-24-20-9-5-7-11-22(20)29(4-2,26(25)28(30)32)23-12-8-6-10-21(23)24/h5-16,24-26H,3-4,17H2,1-2H3/t24?,25-,26+,29?/m0/s1. The molecule has 1 heterocycles. The van der Waals surface area contributed by atoms with E-state index in [0.29, 0.717) is 12.3 Å². The third-order valence-electron chi connectivity index (χ3n) is 7.92. The highest BCUT2D eigenvalue weighted by Gasteiger charge is 2.67. The first kappa shape index (κ1) is 20.2. The summed E-state index contributed by atoms with van der Waals surface area (Å²) in [6, 6.07) is 24.2. The molecular weight excluding hydrogens is 410 g/mol. The number of carbonyl (C=O) groups is 2. The predicted molar refractivity (Wildman–Crippen MR) is 127 cm³/mol. The minimum absolute atomic E-state index is 0.0805. The lowest BCUT2D eigenvalue weighted by Gasteiger charge is -2.54. The molecule has 0 radical (unpaired) electrons. The molecule has 1 fully saturated rings. The maximum absolute atomic E-state index is 14.1. The molecule has 166 valence electrons. The van der Waals surface area contributed by atoms with Crippen molar-refractivity contribution in [2.45, 2.75) is 38.0 Å². The number of carbonyl (C=O) groups excluding carboxylic acids is 2. The van der Waals surface area contributed by atoms with Gasteiger partial charge in [0.15, 0.2) is 0 Å². The van der Waals surface area contributed by atoms with Gasteiger partial charge in [0.1, 0.15) is 5.75 Å². The van der Waals surface area contributed by atoms with Crippen molar-refractivity contribution in [3.8, 4) is 5.75 Å². The molecule has 3 aliphatic carbocycles. The monoisotopic (exact) mass is 437 g/mol. The van der Waals surface area contributed by atoms with Gasteiger partial charge in [-0.2, -0.15) is 0 Å². The summed E-state index contributed by atoms with van der Waals surface area (Å²) in [6.45, 7) is 4.85. The summed E-state index contributed by atoms with van der Waals surface area (Å²) >= 11 is 0. The van der Waals surface area contributed by atoms with Crippen LogP contribution in [0.1, 0.15) is 54.9 Å². The average molecular weight is 438 g/mol. The molecule has 0 unspecified atom stereocenters. The zero-order chi connectivity index (χ0) is 22.7. The normalized spacial score (nSPS) is 26.7. The Bertz CT molecular complexity index is 1210. The first-order valence-electron chi connectivity index (χ1n) is 11.9. The molecule has 1 saturated heterocycles. The zero-order valence-electron chi connectivity index (χ0n) is 19.0. The lowest BCUT2D eigenvalue weighted by molar-refractivity contribution is -0.123. The van der Waals surface area contributed by atoms with Crippen LogP contribution < -0.4 is 9.64 Å². The molecule has 4 nitrogen and oxygen atoms in total. The van der Waals surface area contributed by atoms with Crippen LogP contribution in [0.4, 0.5) is 5.69 Å².